The molecule has 0 aliphatic rings. The standard InChI is InChI=1S/C28H27NO3/c1-29(2)18-19-32-24-15-10-22(11-16-24)28(30)27-25-7-5-4-6-20(25)12-17-26(27)21-8-13-23(31-3)14-9-21/h4-17H,18-19H2,1-3H3. The van der Waals surface area contributed by atoms with Crippen LogP contribution in [0.4, 0.5) is 0 Å². The fraction of sp³-hybridized carbons (Fsp3) is 0.179. The molecule has 4 nitrogen and oxygen atoms in total. The van der Waals surface area contributed by atoms with E-state index in [4.69, 9.17) is 9.47 Å². The summed E-state index contributed by atoms with van der Waals surface area (Å²) in [6.45, 7) is 1.44. The van der Waals surface area contributed by atoms with E-state index in [9.17, 15) is 4.79 Å². The van der Waals surface area contributed by atoms with Gasteiger partial charge in [-0.25, -0.2) is 0 Å². The van der Waals surface area contributed by atoms with Gasteiger partial charge in [0.05, 0.1) is 7.11 Å². The maximum absolute atomic E-state index is 13.7. The van der Waals surface area contributed by atoms with Crippen LogP contribution < -0.4 is 9.47 Å². The number of nitrogens with zero attached hydrogens (tertiary/aromatic N) is 1. The molecule has 0 bridgehead atoms. The third-order valence-corrected chi connectivity index (χ3v) is 5.48. The van der Waals surface area contributed by atoms with E-state index >= 15 is 0 Å². The highest BCUT2D eigenvalue weighted by Gasteiger charge is 2.18. The Balaban J connectivity index is 1.72. The van der Waals surface area contributed by atoms with E-state index in [-0.39, 0.29) is 5.78 Å². The van der Waals surface area contributed by atoms with Gasteiger partial charge in [0, 0.05) is 17.7 Å². The molecule has 4 aromatic rings. The lowest BCUT2D eigenvalue weighted by molar-refractivity contribution is 0.104. The number of hydrogen-bond donors (Lipinski definition) is 0. The van der Waals surface area contributed by atoms with E-state index in [1.165, 1.54) is 0 Å². The van der Waals surface area contributed by atoms with Crippen LogP contribution in [0.3, 0.4) is 0 Å². The van der Waals surface area contributed by atoms with Gasteiger partial charge in [0.25, 0.3) is 0 Å². The average Bonchev–Trinajstić information content (AvgIpc) is 2.83. The van der Waals surface area contributed by atoms with E-state index in [0.717, 1.165) is 39.9 Å². The van der Waals surface area contributed by atoms with Gasteiger partial charge in [0.2, 0.25) is 0 Å². The fourth-order valence-corrected chi connectivity index (χ4v) is 3.72. The Morgan fingerprint density at radius 1 is 0.812 bits per heavy atom. The van der Waals surface area contributed by atoms with Gasteiger partial charge in [-0.2, -0.15) is 0 Å². The van der Waals surface area contributed by atoms with Gasteiger partial charge in [0.1, 0.15) is 18.1 Å². The third kappa shape index (κ3) is 4.66. The van der Waals surface area contributed by atoms with Crippen LogP contribution in [0.15, 0.2) is 84.9 Å². The Bertz CT molecular complexity index is 1210. The number of methoxy groups -OCH3 is 1. The molecule has 32 heavy (non-hydrogen) atoms. The molecule has 4 aromatic carbocycles. The average molecular weight is 426 g/mol. The van der Waals surface area contributed by atoms with Crippen LogP contribution in [0, 0.1) is 0 Å². The summed E-state index contributed by atoms with van der Waals surface area (Å²) in [5, 5.41) is 1.98. The molecule has 0 aliphatic carbocycles. The molecule has 0 amide bonds. The zero-order valence-corrected chi connectivity index (χ0v) is 18.7. The Morgan fingerprint density at radius 2 is 1.50 bits per heavy atom. The predicted octanol–water partition coefficient (Wildman–Crippen LogP) is 5.69. The lowest BCUT2D eigenvalue weighted by atomic mass is 9.89. The van der Waals surface area contributed by atoms with Crippen molar-refractivity contribution < 1.29 is 14.3 Å². The summed E-state index contributed by atoms with van der Waals surface area (Å²) in [5.41, 5.74) is 3.22. The first-order chi connectivity index (χ1) is 15.6. The largest absolute Gasteiger partial charge is 0.497 e. The second-order valence-corrected chi connectivity index (χ2v) is 7.94. The summed E-state index contributed by atoms with van der Waals surface area (Å²) in [7, 11) is 5.67. The number of likely N-dealkylation sites (N-methyl/N-ethyl adjacent to an activating group) is 1. The van der Waals surface area contributed by atoms with Gasteiger partial charge in [-0.1, -0.05) is 48.5 Å². The number of fused-ring (bicyclic) bond motifs is 1. The Kier molecular flexibility index (Phi) is 6.52. The topological polar surface area (TPSA) is 38.8 Å². The third-order valence-electron chi connectivity index (χ3n) is 5.48. The van der Waals surface area contributed by atoms with E-state index in [1.54, 1.807) is 7.11 Å². The molecule has 0 fully saturated rings. The predicted molar refractivity (Wildman–Crippen MR) is 130 cm³/mol. The highest BCUT2D eigenvalue weighted by Crippen LogP contribution is 2.33. The fourth-order valence-electron chi connectivity index (χ4n) is 3.72. The van der Waals surface area contributed by atoms with Crippen molar-refractivity contribution in [3.63, 3.8) is 0 Å². The maximum Gasteiger partial charge on any atom is 0.194 e. The van der Waals surface area contributed by atoms with Crippen molar-refractivity contribution in [1.29, 1.82) is 0 Å². The van der Waals surface area contributed by atoms with Crippen LogP contribution in [0.25, 0.3) is 21.9 Å². The van der Waals surface area contributed by atoms with Crippen molar-refractivity contribution in [2.45, 2.75) is 0 Å². The van der Waals surface area contributed by atoms with Crippen molar-refractivity contribution in [2.24, 2.45) is 0 Å². The van der Waals surface area contributed by atoms with Crippen molar-refractivity contribution in [2.75, 3.05) is 34.4 Å². The monoisotopic (exact) mass is 425 g/mol. The van der Waals surface area contributed by atoms with Crippen LogP contribution in [0.5, 0.6) is 11.5 Å². The van der Waals surface area contributed by atoms with Gasteiger partial charge in [-0.05, 0) is 72.4 Å². The first-order valence-corrected chi connectivity index (χ1v) is 10.7. The minimum atomic E-state index is -0.00698. The van der Waals surface area contributed by atoms with Crippen LogP contribution in [-0.2, 0) is 0 Å². The lowest BCUT2D eigenvalue weighted by Gasteiger charge is -2.14. The summed E-state index contributed by atoms with van der Waals surface area (Å²) >= 11 is 0. The van der Waals surface area contributed by atoms with Crippen molar-refractivity contribution in [1.82, 2.24) is 4.90 Å². The van der Waals surface area contributed by atoms with Crippen molar-refractivity contribution in [3.05, 3.63) is 96.1 Å². The molecule has 4 rings (SSSR count). The summed E-state index contributed by atoms with van der Waals surface area (Å²) in [4.78, 5) is 15.8. The molecule has 0 saturated carbocycles. The van der Waals surface area contributed by atoms with Gasteiger partial charge >= 0.3 is 0 Å². The number of hydrogen-bond acceptors (Lipinski definition) is 4. The van der Waals surface area contributed by atoms with Crippen molar-refractivity contribution in [3.8, 4) is 22.6 Å². The number of ketones is 1. The highest BCUT2D eigenvalue weighted by molar-refractivity contribution is 6.20. The molecule has 0 radical (unpaired) electrons. The summed E-state index contributed by atoms with van der Waals surface area (Å²) < 4.78 is 11.1. The SMILES string of the molecule is COc1ccc(-c2ccc3ccccc3c2C(=O)c2ccc(OCCN(C)C)cc2)cc1. The number of carbonyl (C=O) groups is 1. The first-order valence-electron chi connectivity index (χ1n) is 10.7. The first kappa shape index (κ1) is 21.6. The molecule has 0 heterocycles. The molecular weight excluding hydrogens is 398 g/mol. The lowest BCUT2D eigenvalue weighted by Crippen LogP contribution is -2.19. The molecule has 4 heteroatoms. The number of rotatable bonds is 8. The van der Waals surface area contributed by atoms with Crippen LogP contribution in [0.1, 0.15) is 15.9 Å². The van der Waals surface area contributed by atoms with Crippen LogP contribution in [-0.4, -0.2) is 45.0 Å². The van der Waals surface area contributed by atoms with E-state index in [1.807, 2.05) is 93.0 Å². The molecule has 0 aliphatic heterocycles. The second-order valence-electron chi connectivity index (χ2n) is 7.94. The van der Waals surface area contributed by atoms with Crippen LogP contribution >= 0.6 is 0 Å². The minimum Gasteiger partial charge on any atom is -0.497 e. The molecule has 162 valence electrons. The molecule has 0 saturated heterocycles. The van der Waals surface area contributed by atoms with E-state index in [0.29, 0.717) is 17.7 Å². The van der Waals surface area contributed by atoms with Gasteiger partial charge in [0.15, 0.2) is 5.78 Å². The van der Waals surface area contributed by atoms with Gasteiger partial charge in [-0.15, -0.1) is 0 Å². The summed E-state index contributed by atoms with van der Waals surface area (Å²) in [5.74, 6) is 1.54. The summed E-state index contributed by atoms with van der Waals surface area (Å²) in [6.07, 6.45) is 0. The molecule has 0 unspecified atom stereocenters. The Hall–Kier alpha value is -3.63. The number of benzene rings is 4. The maximum atomic E-state index is 13.7. The number of carbonyl (C=O) groups excluding carboxylic acids is 1. The minimum absolute atomic E-state index is 0.00698. The second kappa shape index (κ2) is 9.67. The van der Waals surface area contributed by atoms with E-state index < -0.39 is 0 Å². The van der Waals surface area contributed by atoms with Crippen molar-refractivity contribution >= 4 is 16.6 Å². The molecule has 0 atom stereocenters. The molecular formula is C28H27NO3. The number of ether oxygens (including phenoxy) is 2. The van der Waals surface area contributed by atoms with E-state index in [2.05, 4.69) is 11.0 Å². The summed E-state index contributed by atoms with van der Waals surface area (Å²) in [6, 6.07) is 27.3. The highest BCUT2D eigenvalue weighted by atomic mass is 16.5. The molecule has 0 N–H and O–H groups in total. The van der Waals surface area contributed by atoms with Gasteiger partial charge < -0.3 is 14.4 Å². The molecule has 0 aromatic heterocycles. The molecule has 0 spiro atoms. The quantitative estimate of drug-likeness (QED) is 0.340. The zero-order chi connectivity index (χ0) is 22.5. The Morgan fingerprint density at radius 3 is 2.19 bits per heavy atom. The smallest absolute Gasteiger partial charge is 0.194 e. The van der Waals surface area contributed by atoms with Crippen LogP contribution in [0.2, 0.25) is 0 Å². The van der Waals surface area contributed by atoms with Gasteiger partial charge in [-0.3, -0.25) is 4.79 Å². The normalized spacial score (nSPS) is 11.0. The zero-order valence-electron chi connectivity index (χ0n) is 18.7. The Labute approximate surface area is 189 Å².